The van der Waals surface area contributed by atoms with Crippen molar-refractivity contribution in [1.29, 1.82) is 0 Å². The van der Waals surface area contributed by atoms with Crippen LogP contribution in [0.15, 0.2) is 0 Å². The average molecular weight is 319 g/mol. The summed E-state index contributed by atoms with van der Waals surface area (Å²) in [5.74, 6) is -2.77. The van der Waals surface area contributed by atoms with E-state index in [1.165, 1.54) is 0 Å². The van der Waals surface area contributed by atoms with Gasteiger partial charge in [-0.25, -0.2) is 4.79 Å². The minimum Gasteiger partial charge on any atom is -0.480 e. The van der Waals surface area contributed by atoms with Gasteiger partial charge in [-0.05, 0) is 55.8 Å². The van der Waals surface area contributed by atoms with Gasteiger partial charge in [-0.2, -0.15) is 13.2 Å². The summed E-state index contributed by atoms with van der Waals surface area (Å²) in [6.07, 6.45) is -0.184. The van der Waals surface area contributed by atoms with Crippen molar-refractivity contribution < 1.29 is 27.9 Å². The van der Waals surface area contributed by atoms with Gasteiger partial charge in [0.15, 0.2) is 0 Å². The van der Waals surface area contributed by atoms with Gasteiger partial charge in [-0.15, -0.1) is 0 Å². The highest BCUT2D eigenvalue weighted by molar-refractivity contribution is 5.87. The Balaban J connectivity index is 1.89. The average Bonchev–Trinajstić information content (AvgIpc) is 2.30. The molecule has 0 aromatic heterocycles. The van der Waals surface area contributed by atoms with E-state index in [2.05, 4.69) is 6.92 Å². The fourth-order valence-electron chi connectivity index (χ4n) is 5.83. The molecule has 124 valence electrons. The molecule has 7 heteroatoms. The van der Waals surface area contributed by atoms with Crippen LogP contribution in [0.4, 0.5) is 13.2 Å². The Morgan fingerprint density at radius 2 is 1.73 bits per heavy atom. The Morgan fingerprint density at radius 3 is 2.14 bits per heavy atom. The summed E-state index contributed by atoms with van der Waals surface area (Å²) in [6, 6.07) is -1.45. The molecule has 4 aliphatic carbocycles. The van der Waals surface area contributed by atoms with E-state index in [4.69, 9.17) is 0 Å². The lowest BCUT2D eigenvalue weighted by atomic mass is 9.43. The molecule has 0 heterocycles. The molecule has 4 fully saturated rings. The second kappa shape index (κ2) is 4.61. The predicted molar refractivity (Wildman–Crippen MR) is 70.8 cm³/mol. The molecule has 4 aliphatic rings. The maximum atomic E-state index is 12.5. The van der Waals surface area contributed by atoms with Crippen LogP contribution in [-0.4, -0.2) is 29.2 Å². The van der Waals surface area contributed by atoms with E-state index >= 15 is 0 Å². The number of hydrogen-bond donors (Lipinski definition) is 2. The zero-order valence-electron chi connectivity index (χ0n) is 12.4. The first kappa shape index (κ1) is 15.6. The van der Waals surface area contributed by atoms with Crippen molar-refractivity contribution >= 4 is 11.9 Å². The van der Waals surface area contributed by atoms with Gasteiger partial charge in [-0.3, -0.25) is 4.79 Å². The van der Waals surface area contributed by atoms with Crippen LogP contribution in [0.3, 0.4) is 0 Å². The van der Waals surface area contributed by atoms with E-state index in [1.54, 1.807) is 5.32 Å². The maximum absolute atomic E-state index is 12.5. The number of carbonyl (C=O) groups excluding carboxylic acids is 1. The predicted octanol–water partition coefficient (Wildman–Crippen LogP) is 2.72. The van der Waals surface area contributed by atoms with Crippen molar-refractivity contribution in [3.05, 3.63) is 0 Å². The molecule has 4 saturated carbocycles. The highest BCUT2D eigenvalue weighted by atomic mass is 19.4. The summed E-state index contributed by atoms with van der Waals surface area (Å²) in [5, 5.41) is 11.2. The standard InChI is InChI=1S/C15H20F3NO3/c1-13-3-8-2-9(4-13)6-14(5-8,7-13)10(11(20)21)19-12(22)15(16,17)18/h8-10H,2-7H2,1H3,(H,19,22)(H,20,21)/t8?,9?,10-,13?,14?/m1/s1. The van der Waals surface area contributed by atoms with E-state index in [0.717, 1.165) is 19.3 Å². The third kappa shape index (κ3) is 2.48. The van der Waals surface area contributed by atoms with Gasteiger partial charge >= 0.3 is 18.1 Å². The van der Waals surface area contributed by atoms with E-state index in [-0.39, 0.29) is 5.41 Å². The van der Waals surface area contributed by atoms with Crippen LogP contribution in [0.5, 0.6) is 0 Å². The maximum Gasteiger partial charge on any atom is 0.471 e. The third-order valence-corrected chi connectivity index (χ3v) is 5.79. The SMILES string of the molecule is CC12CC3CC(C1)CC([C@H](NC(=O)C(F)(F)F)C(=O)O)(C3)C2. The number of carboxylic acids is 1. The van der Waals surface area contributed by atoms with Crippen molar-refractivity contribution in [2.24, 2.45) is 22.7 Å². The highest BCUT2D eigenvalue weighted by Gasteiger charge is 2.61. The van der Waals surface area contributed by atoms with Crippen molar-refractivity contribution in [1.82, 2.24) is 5.32 Å². The largest absolute Gasteiger partial charge is 0.480 e. The minimum atomic E-state index is -5.06. The molecule has 0 aliphatic heterocycles. The Labute approximate surface area is 126 Å². The summed E-state index contributed by atoms with van der Waals surface area (Å²) in [5.41, 5.74) is -0.730. The fraction of sp³-hybridized carbons (Fsp3) is 0.867. The normalized spacial score (nSPS) is 41.3. The number of halogens is 3. The first-order valence-corrected chi connectivity index (χ1v) is 7.64. The van der Waals surface area contributed by atoms with Crippen molar-refractivity contribution in [2.75, 3.05) is 0 Å². The van der Waals surface area contributed by atoms with E-state index < -0.39 is 29.5 Å². The zero-order chi connectivity index (χ0) is 16.3. The van der Waals surface area contributed by atoms with Gasteiger partial charge in [0.25, 0.3) is 0 Å². The second-order valence-corrected chi connectivity index (χ2v) is 7.88. The van der Waals surface area contributed by atoms with Crippen molar-refractivity contribution in [3.8, 4) is 0 Å². The summed E-state index contributed by atoms with van der Waals surface area (Å²) in [7, 11) is 0. The molecule has 22 heavy (non-hydrogen) atoms. The third-order valence-electron chi connectivity index (χ3n) is 5.79. The summed E-state index contributed by atoms with van der Waals surface area (Å²) >= 11 is 0. The molecule has 0 saturated heterocycles. The molecule has 4 bridgehead atoms. The van der Waals surface area contributed by atoms with Gasteiger partial charge in [0.2, 0.25) is 0 Å². The lowest BCUT2D eigenvalue weighted by molar-refractivity contribution is -0.182. The highest BCUT2D eigenvalue weighted by Crippen LogP contribution is 2.66. The molecule has 0 aromatic rings. The molecule has 4 rings (SSSR count). The Kier molecular flexibility index (Phi) is 3.28. The minimum absolute atomic E-state index is 0.000738. The molecular weight excluding hydrogens is 299 g/mol. The Morgan fingerprint density at radius 1 is 1.18 bits per heavy atom. The smallest absolute Gasteiger partial charge is 0.471 e. The topological polar surface area (TPSA) is 66.4 Å². The molecule has 0 aromatic carbocycles. The van der Waals surface area contributed by atoms with Crippen LogP contribution in [0.2, 0.25) is 0 Å². The van der Waals surface area contributed by atoms with Crippen LogP contribution in [0, 0.1) is 22.7 Å². The van der Waals surface area contributed by atoms with Gasteiger partial charge in [-0.1, -0.05) is 6.92 Å². The lowest BCUT2D eigenvalue weighted by Crippen LogP contribution is -2.63. The zero-order valence-corrected chi connectivity index (χ0v) is 12.4. The summed E-state index contributed by atoms with van der Waals surface area (Å²) in [4.78, 5) is 22.9. The Bertz CT molecular complexity index is 503. The lowest BCUT2D eigenvalue weighted by Gasteiger charge is -2.62. The molecule has 0 spiro atoms. The summed E-state index contributed by atoms with van der Waals surface area (Å²) in [6.45, 7) is 2.10. The number of nitrogens with one attached hydrogen (secondary N) is 1. The first-order valence-electron chi connectivity index (χ1n) is 7.64. The summed E-state index contributed by atoms with van der Waals surface area (Å²) < 4.78 is 37.5. The van der Waals surface area contributed by atoms with Crippen LogP contribution in [0.1, 0.15) is 45.4 Å². The molecule has 4 nitrogen and oxygen atoms in total. The number of alkyl halides is 3. The van der Waals surface area contributed by atoms with Gasteiger partial charge in [0.1, 0.15) is 6.04 Å². The molecule has 2 N–H and O–H groups in total. The number of amides is 1. The molecule has 0 radical (unpaired) electrons. The number of hydrogen-bond acceptors (Lipinski definition) is 2. The van der Waals surface area contributed by atoms with Crippen LogP contribution in [0.25, 0.3) is 0 Å². The van der Waals surface area contributed by atoms with Crippen LogP contribution < -0.4 is 5.32 Å². The molecular formula is C15H20F3NO3. The number of carboxylic acid groups (broad SMARTS) is 1. The van der Waals surface area contributed by atoms with Crippen molar-refractivity contribution in [2.45, 2.75) is 57.7 Å². The van der Waals surface area contributed by atoms with Gasteiger partial charge in [0, 0.05) is 5.41 Å². The van der Waals surface area contributed by atoms with Crippen LogP contribution in [-0.2, 0) is 9.59 Å². The van der Waals surface area contributed by atoms with E-state index in [1.807, 2.05) is 0 Å². The molecule has 1 amide bonds. The van der Waals surface area contributed by atoms with E-state index in [0.29, 0.717) is 31.1 Å². The number of aliphatic carboxylic acids is 1. The molecule has 2 unspecified atom stereocenters. The number of rotatable bonds is 3. The first-order chi connectivity index (χ1) is 10.0. The van der Waals surface area contributed by atoms with Gasteiger partial charge < -0.3 is 10.4 Å². The second-order valence-electron chi connectivity index (χ2n) is 7.88. The quantitative estimate of drug-likeness (QED) is 0.840. The number of carbonyl (C=O) groups is 2. The van der Waals surface area contributed by atoms with E-state index in [9.17, 15) is 27.9 Å². The molecule has 3 atom stereocenters. The van der Waals surface area contributed by atoms with Crippen molar-refractivity contribution in [3.63, 3.8) is 0 Å². The van der Waals surface area contributed by atoms with Gasteiger partial charge in [0.05, 0.1) is 0 Å². The fourth-order valence-corrected chi connectivity index (χ4v) is 5.83. The monoisotopic (exact) mass is 319 g/mol. The van der Waals surface area contributed by atoms with Crippen LogP contribution >= 0.6 is 0 Å². The Hall–Kier alpha value is -1.27.